The SMILES string of the molecule is O=c1cc(CCl)c(I)c(C(F)F)[nH]1. The number of rotatable bonds is 2. The van der Waals surface area contributed by atoms with E-state index < -0.39 is 12.0 Å². The normalized spacial score (nSPS) is 10.8. The Labute approximate surface area is 91.4 Å². The summed E-state index contributed by atoms with van der Waals surface area (Å²) in [5.74, 6) is 0.0575. The lowest BCUT2D eigenvalue weighted by Gasteiger charge is -2.05. The van der Waals surface area contributed by atoms with Gasteiger partial charge in [-0.1, -0.05) is 0 Å². The van der Waals surface area contributed by atoms with E-state index in [0.29, 0.717) is 9.13 Å². The highest BCUT2D eigenvalue weighted by molar-refractivity contribution is 14.1. The van der Waals surface area contributed by atoms with Gasteiger partial charge in [0.05, 0.1) is 5.69 Å². The Bertz CT molecular complexity index is 366. The molecule has 0 unspecified atom stereocenters. The summed E-state index contributed by atoms with van der Waals surface area (Å²) in [4.78, 5) is 13.0. The summed E-state index contributed by atoms with van der Waals surface area (Å²) in [7, 11) is 0. The Morgan fingerprint density at radius 1 is 1.62 bits per heavy atom. The second-order valence-electron chi connectivity index (χ2n) is 2.32. The molecule has 0 bridgehead atoms. The van der Waals surface area contributed by atoms with Crippen LogP contribution in [-0.2, 0) is 5.88 Å². The van der Waals surface area contributed by atoms with E-state index in [0.717, 1.165) is 0 Å². The Hall–Kier alpha value is -0.170. The first-order valence-corrected chi connectivity index (χ1v) is 4.93. The molecule has 13 heavy (non-hydrogen) atoms. The van der Waals surface area contributed by atoms with Crippen LogP contribution in [0.25, 0.3) is 0 Å². The summed E-state index contributed by atoms with van der Waals surface area (Å²) in [5, 5.41) is 0. The Balaban J connectivity index is 3.36. The monoisotopic (exact) mass is 319 g/mol. The van der Waals surface area contributed by atoms with E-state index in [2.05, 4.69) is 4.98 Å². The topological polar surface area (TPSA) is 32.9 Å². The minimum atomic E-state index is -2.68. The maximum absolute atomic E-state index is 12.3. The second-order valence-corrected chi connectivity index (χ2v) is 3.67. The van der Waals surface area contributed by atoms with E-state index in [1.54, 1.807) is 22.6 Å². The first kappa shape index (κ1) is 10.9. The highest BCUT2D eigenvalue weighted by Gasteiger charge is 2.15. The van der Waals surface area contributed by atoms with Gasteiger partial charge in [-0.25, -0.2) is 8.78 Å². The van der Waals surface area contributed by atoms with Gasteiger partial charge >= 0.3 is 0 Å². The van der Waals surface area contributed by atoms with Crippen LogP contribution in [-0.4, -0.2) is 4.98 Å². The molecule has 72 valence electrons. The van der Waals surface area contributed by atoms with E-state index in [1.165, 1.54) is 6.07 Å². The van der Waals surface area contributed by atoms with Crippen molar-refractivity contribution >= 4 is 34.2 Å². The average Bonchev–Trinajstić information content (AvgIpc) is 2.08. The Morgan fingerprint density at radius 3 is 2.69 bits per heavy atom. The molecule has 0 radical (unpaired) electrons. The standard InChI is InChI=1S/C7H5ClF2INO/c8-2-3-1-4(13)12-6(5(3)11)7(9)10/h1,7H,2H2,(H,12,13). The summed E-state index contributed by atoms with van der Waals surface area (Å²) in [6.45, 7) is 0. The first-order chi connectivity index (χ1) is 6.06. The highest BCUT2D eigenvalue weighted by atomic mass is 127. The molecule has 0 aliphatic heterocycles. The molecule has 0 fully saturated rings. The average molecular weight is 319 g/mol. The molecular weight excluding hydrogens is 314 g/mol. The van der Waals surface area contributed by atoms with E-state index in [4.69, 9.17) is 11.6 Å². The van der Waals surface area contributed by atoms with E-state index >= 15 is 0 Å². The van der Waals surface area contributed by atoms with Gasteiger partial charge in [-0.15, -0.1) is 11.6 Å². The third-order valence-corrected chi connectivity index (χ3v) is 3.01. The minimum absolute atomic E-state index is 0.0575. The van der Waals surface area contributed by atoms with Gasteiger partial charge in [0, 0.05) is 15.5 Å². The molecule has 1 aromatic rings. The van der Waals surface area contributed by atoms with Crippen molar-refractivity contribution in [2.45, 2.75) is 12.3 Å². The van der Waals surface area contributed by atoms with Crippen LogP contribution in [0.2, 0.25) is 0 Å². The van der Waals surface area contributed by atoms with Gasteiger partial charge < -0.3 is 4.98 Å². The number of hydrogen-bond acceptors (Lipinski definition) is 1. The van der Waals surface area contributed by atoms with Crippen molar-refractivity contribution in [3.63, 3.8) is 0 Å². The van der Waals surface area contributed by atoms with Crippen molar-refractivity contribution in [3.8, 4) is 0 Å². The molecule has 1 aromatic heterocycles. The number of nitrogens with one attached hydrogen (secondary N) is 1. The largest absolute Gasteiger partial charge is 0.320 e. The molecule has 1 rings (SSSR count). The maximum Gasteiger partial charge on any atom is 0.279 e. The molecule has 0 atom stereocenters. The van der Waals surface area contributed by atoms with Crippen LogP contribution < -0.4 is 5.56 Å². The van der Waals surface area contributed by atoms with Crippen molar-refractivity contribution in [1.29, 1.82) is 0 Å². The summed E-state index contributed by atoms with van der Waals surface area (Å²) in [5.41, 5.74) is -0.476. The van der Waals surface area contributed by atoms with Gasteiger partial charge in [0.15, 0.2) is 0 Å². The predicted molar refractivity (Wildman–Crippen MR) is 54.3 cm³/mol. The van der Waals surface area contributed by atoms with Crippen LogP contribution in [0.3, 0.4) is 0 Å². The van der Waals surface area contributed by atoms with Crippen molar-refractivity contribution in [2.75, 3.05) is 0 Å². The Morgan fingerprint density at radius 2 is 2.23 bits per heavy atom. The number of halogens is 4. The van der Waals surface area contributed by atoms with Crippen LogP contribution in [0.4, 0.5) is 8.78 Å². The summed E-state index contributed by atoms with van der Waals surface area (Å²) in [6, 6.07) is 1.22. The molecule has 1 N–H and O–H groups in total. The fraction of sp³-hybridized carbons (Fsp3) is 0.286. The summed E-state index contributed by atoms with van der Waals surface area (Å²) >= 11 is 7.22. The minimum Gasteiger partial charge on any atom is -0.320 e. The van der Waals surface area contributed by atoms with Gasteiger partial charge in [0.1, 0.15) is 0 Å². The number of hydrogen-bond donors (Lipinski definition) is 1. The predicted octanol–water partition coefficient (Wildman–Crippen LogP) is 2.66. The van der Waals surface area contributed by atoms with Gasteiger partial charge in [0.2, 0.25) is 5.56 Å². The second kappa shape index (κ2) is 4.36. The summed E-state index contributed by atoms with van der Waals surface area (Å²) in [6.07, 6.45) is -2.68. The zero-order chi connectivity index (χ0) is 10.0. The van der Waals surface area contributed by atoms with Crippen molar-refractivity contribution in [2.24, 2.45) is 0 Å². The first-order valence-electron chi connectivity index (χ1n) is 3.32. The van der Waals surface area contributed by atoms with Crippen molar-refractivity contribution in [1.82, 2.24) is 4.98 Å². The van der Waals surface area contributed by atoms with Gasteiger partial charge in [-0.3, -0.25) is 4.79 Å². The number of aromatic nitrogens is 1. The number of alkyl halides is 3. The van der Waals surface area contributed by atoms with Crippen LogP contribution >= 0.6 is 34.2 Å². The molecule has 0 aliphatic carbocycles. The zero-order valence-electron chi connectivity index (χ0n) is 6.28. The fourth-order valence-corrected chi connectivity index (χ4v) is 2.02. The smallest absolute Gasteiger partial charge is 0.279 e. The van der Waals surface area contributed by atoms with E-state index in [-0.39, 0.29) is 11.6 Å². The lowest BCUT2D eigenvalue weighted by molar-refractivity contribution is 0.144. The molecule has 0 spiro atoms. The van der Waals surface area contributed by atoms with Gasteiger partial charge in [-0.2, -0.15) is 0 Å². The van der Waals surface area contributed by atoms with Crippen LogP contribution in [0.5, 0.6) is 0 Å². The number of H-pyrrole nitrogens is 1. The van der Waals surface area contributed by atoms with E-state index in [1.807, 2.05) is 0 Å². The third-order valence-electron chi connectivity index (χ3n) is 1.44. The molecule has 0 saturated heterocycles. The maximum atomic E-state index is 12.3. The van der Waals surface area contributed by atoms with Crippen LogP contribution in [0.1, 0.15) is 17.7 Å². The van der Waals surface area contributed by atoms with Gasteiger partial charge in [0.25, 0.3) is 6.43 Å². The molecule has 0 aromatic carbocycles. The quantitative estimate of drug-likeness (QED) is 0.660. The zero-order valence-corrected chi connectivity index (χ0v) is 9.20. The molecule has 0 aliphatic rings. The molecule has 6 heteroatoms. The summed E-state index contributed by atoms with van der Waals surface area (Å²) < 4.78 is 24.9. The molecule has 0 saturated carbocycles. The Kier molecular flexibility index (Phi) is 3.66. The van der Waals surface area contributed by atoms with Crippen LogP contribution in [0.15, 0.2) is 10.9 Å². The molecule has 0 amide bonds. The lowest BCUT2D eigenvalue weighted by Crippen LogP contribution is -2.12. The van der Waals surface area contributed by atoms with Crippen LogP contribution in [0, 0.1) is 3.57 Å². The molecular formula is C7H5ClF2INO. The van der Waals surface area contributed by atoms with Crippen molar-refractivity contribution in [3.05, 3.63) is 31.2 Å². The fourth-order valence-electron chi connectivity index (χ4n) is 0.866. The number of aromatic amines is 1. The molecule has 1 heterocycles. The van der Waals surface area contributed by atoms with Gasteiger partial charge in [-0.05, 0) is 28.2 Å². The molecule has 2 nitrogen and oxygen atoms in total. The van der Waals surface area contributed by atoms with E-state index in [9.17, 15) is 13.6 Å². The lowest BCUT2D eigenvalue weighted by atomic mass is 10.2. The number of pyridine rings is 1. The highest BCUT2D eigenvalue weighted by Crippen LogP contribution is 2.24. The third kappa shape index (κ3) is 2.40. The van der Waals surface area contributed by atoms with Crippen molar-refractivity contribution < 1.29 is 8.78 Å².